The van der Waals surface area contributed by atoms with Crippen molar-refractivity contribution in [2.24, 2.45) is 0 Å². The lowest BCUT2D eigenvalue weighted by atomic mass is 9.99. The fourth-order valence-corrected chi connectivity index (χ4v) is 3.01. The molecule has 6 nitrogen and oxygen atoms in total. The first-order valence-electron chi connectivity index (χ1n) is 8.09. The topological polar surface area (TPSA) is 71.4 Å². The van der Waals surface area contributed by atoms with E-state index in [0.29, 0.717) is 5.92 Å². The average Bonchev–Trinajstić information content (AvgIpc) is 3.27. The summed E-state index contributed by atoms with van der Waals surface area (Å²) in [4.78, 5) is 4.67. The fraction of sp³-hybridized carbons (Fsp3) is 0.353. The molecule has 0 radical (unpaired) electrons. The minimum atomic E-state index is 0.431. The second kappa shape index (κ2) is 6.34. The molecular weight excluding hydrogens is 288 g/mol. The molecule has 2 N–H and O–H groups in total. The molecule has 1 aromatic carbocycles. The van der Waals surface area contributed by atoms with Gasteiger partial charge in [-0.2, -0.15) is 10.2 Å². The normalized spacial score (nSPS) is 18.2. The Hall–Kier alpha value is -2.47. The third-order valence-electron chi connectivity index (χ3n) is 4.24. The minimum absolute atomic E-state index is 0.431. The lowest BCUT2D eigenvalue weighted by Gasteiger charge is -2.19. The zero-order valence-electron chi connectivity index (χ0n) is 12.9. The van der Waals surface area contributed by atoms with Crippen LogP contribution in [0.2, 0.25) is 0 Å². The maximum absolute atomic E-state index is 4.67. The number of H-pyrrole nitrogens is 1. The van der Waals surface area contributed by atoms with E-state index in [4.69, 9.17) is 0 Å². The van der Waals surface area contributed by atoms with Crippen molar-refractivity contribution in [3.8, 4) is 5.69 Å². The van der Waals surface area contributed by atoms with Gasteiger partial charge in [-0.05, 0) is 37.1 Å². The van der Waals surface area contributed by atoms with E-state index in [9.17, 15) is 0 Å². The summed E-state index contributed by atoms with van der Waals surface area (Å²) in [5.74, 6) is 2.27. The maximum atomic E-state index is 4.67. The summed E-state index contributed by atoms with van der Waals surface area (Å²) in [6.07, 6.45) is 7.01. The van der Waals surface area contributed by atoms with Crippen LogP contribution >= 0.6 is 0 Å². The Kier molecular flexibility index (Phi) is 3.90. The van der Waals surface area contributed by atoms with Crippen LogP contribution in [-0.2, 0) is 6.42 Å². The molecule has 1 saturated heterocycles. The highest BCUT2D eigenvalue weighted by Crippen LogP contribution is 2.20. The molecule has 0 amide bonds. The highest BCUT2D eigenvalue weighted by molar-refractivity contribution is 5.31. The molecule has 1 aliphatic rings. The Bertz CT molecular complexity index is 754. The van der Waals surface area contributed by atoms with Gasteiger partial charge in [-0.25, -0.2) is 9.67 Å². The second-order valence-electron chi connectivity index (χ2n) is 5.99. The van der Waals surface area contributed by atoms with E-state index in [1.807, 2.05) is 47.4 Å². The lowest BCUT2D eigenvalue weighted by Crippen LogP contribution is -2.28. The fourth-order valence-electron chi connectivity index (χ4n) is 3.01. The van der Waals surface area contributed by atoms with E-state index >= 15 is 0 Å². The summed E-state index contributed by atoms with van der Waals surface area (Å²) in [7, 11) is 0. The molecule has 6 heteroatoms. The number of aromatic nitrogens is 5. The van der Waals surface area contributed by atoms with Crippen LogP contribution in [0.5, 0.6) is 0 Å². The van der Waals surface area contributed by atoms with Crippen LogP contribution in [0.4, 0.5) is 0 Å². The van der Waals surface area contributed by atoms with Crippen molar-refractivity contribution < 1.29 is 0 Å². The predicted octanol–water partition coefficient (Wildman–Crippen LogP) is 2.05. The largest absolute Gasteiger partial charge is 0.316 e. The highest BCUT2D eigenvalue weighted by Gasteiger charge is 2.19. The highest BCUT2D eigenvalue weighted by atomic mass is 15.3. The zero-order chi connectivity index (χ0) is 15.5. The molecule has 2 aromatic heterocycles. The Balaban J connectivity index is 1.46. The molecular formula is C17H20N6. The van der Waals surface area contributed by atoms with Crippen molar-refractivity contribution >= 4 is 0 Å². The van der Waals surface area contributed by atoms with Crippen molar-refractivity contribution in [1.82, 2.24) is 30.3 Å². The van der Waals surface area contributed by atoms with E-state index in [-0.39, 0.29) is 0 Å². The van der Waals surface area contributed by atoms with Gasteiger partial charge >= 0.3 is 0 Å². The van der Waals surface area contributed by atoms with Gasteiger partial charge in [-0.15, -0.1) is 0 Å². The smallest absolute Gasteiger partial charge is 0.155 e. The molecule has 0 saturated carbocycles. The van der Waals surface area contributed by atoms with Crippen LogP contribution in [0.25, 0.3) is 5.69 Å². The first-order valence-corrected chi connectivity index (χ1v) is 8.09. The number of nitrogens with one attached hydrogen (secondary N) is 2. The van der Waals surface area contributed by atoms with Gasteiger partial charge in [0.25, 0.3) is 0 Å². The van der Waals surface area contributed by atoms with Crippen LogP contribution in [0.1, 0.15) is 36.0 Å². The molecule has 3 aromatic rings. The summed E-state index contributed by atoms with van der Waals surface area (Å²) < 4.78 is 1.89. The molecule has 1 aliphatic heterocycles. The van der Waals surface area contributed by atoms with Crippen LogP contribution in [-0.4, -0.2) is 38.1 Å². The van der Waals surface area contributed by atoms with Gasteiger partial charge in [-0.3, -0.25) is 5.10 Å². The summed E-state index contributed by atoms with van der Waals surface area (Å²) in [5, 5.41) is 15.3. The van der Waals surface area contributed by atoms with Crippen molar-refractivity contribution in [2.45, 2.75) is 25.2 Å². The van der Waals surface area contributed by atoms with E-state index < -0.39 is 0 Å². The number of para-hydroxylation sites is 1. The van der Waals surface area contributed by atoms with E-state index in [1.165, 1.54) is 6.42 Å². The number of nitrogens with zero attached hydrogens (tertiary/aromatic N) is 4. The van der Waals surface area contributed by atoms with Gasteiger partial charge in [0.2, 0.25) is 0 Å². The lowest BCUT2D eigenvalue weighted by molar-refractivity contribution is 0.447. The van der Waals surface area contributed by atoms with E-state index in [0.717, 1.165) is 48.8 Å². The Labute approximate surface area is 135 Å². The first kappa shape index (κ1) is 14.1. The summed E-state index contributed by atoms with van der Waals surface area (Å²) in [5.41, 5.74) is 2.18. The molecule has 0 bridgehead atoms. The summed E-state index contributed by atoms with van der Waals surface area (Å²) in [6.45, 7) is 2.08. The Morgan fingerprint density at radius 2 is 2.13 bits per heavy atom. The molecule has 1 atom stereocenters. The third kappa shape index (κ3) is 3.17. The molecule has 0 spiro atoms. The number of benzene rings is 1. The van der Waals surface area contributed by atoms with Crippen LogP contribution < -0.4 is 5.32 Å². The number of aromatic amines is 1. The first-order chi connectivity index (χ1) is 11.4. The van der Waals surface area contributed by atoms with Gasteiger partial charge in [-0.1, -0.05) is 18.2 Å². The quantitative estimate of drug-likeness (QED) is 0.774. The molecule has 1 unspecified atom stereocenters. The van der Waals surface area contributed by atoms with Gasteiger partial charge in [0.1, 0.15) is 5.82 Å². The van der Waals surface area contributed by atoms with Crippen LogP contribution in [0.15, 0.2) is 42.7 Å². The summed E-state index contributed by atoms with van der Waals surface area (Å²) >= 11 is 0. The molecule has 1 fully saturated rings. The standard InChI is InChI=1S/C17H20N6/c1-2-6-15(7-3-1)23-12-13(10-19-23)9-16-20-17(22-21-16)14-5-4-8-18-11-14/h1-3,6-7,10,12,14,18H,4-5,8-9,11H2,(H,20,21,22). The molecule has 0 aliphatic carbocycles. The maximum Gasteiger partial charge on any atom is 0.155 e. The number of hydrogen-bond acceptors (Lipinski definition) is 4. The Morgan fingerprint density at radius 1 is 1.22 bits per heavy atom. The number of piperidine rings is 1. The Morgan fingerprint density at radius 3 is 2.96 bits per heavy atom. The van der Waals surface area contributed by atoms with E-state index in [2.05, 4.69) is 25.6 Å². The van der Waals surface area contributed by atoms with Gasteiger partial charge in [0, 0.05) is 25.1 Å². The monoisotopic (exact) mass is 308 g/mol. The van der Waals surface area contributed by atoms with Crippen molar-refractivity contribution in [3.05, 3.63) is 59.9 Å². The second-order valence-corrected chi connectivity index (χ2v) is 5.99. The number of rotatable bonds is 4. The zero-order valence-corrected chi connectivity index (χ0v) is 12.9. The van der Waals surface area contributed by atoms with Crippen LogP contribution in [0.3, 0.4) is 0 Å². The van der Waals surface area contributed by atoms with Gasteiger partial charge in [0.15, 0.2) is 5.82 Å². The summed E-state index contributed by atoms with van der Waals surface area (Å²) in [6, 6.07) is 10.1. The van der Waals surface area contributed by atoms with Crippen molar-refractivity contribution in [3.63, 3.8) is 0 Å². The van der Waals surface area contributed by atoms with E-state index in [1.54, 1.807) is 0 Å². The molecule has 23 heavy (non-hydrogen) atoms. The molecule has 4 rings (SSSR count). The van der Waals surface area contributed by atoms with Crippen molar-refractivity contribution in [1.29, 1.82) is 0 Å². The minimum Gasteiger partial charge on any atom is -0.316 e. The average molecular weight is 308 g/mol. The van der Waals surface area contributed by atoms with Gasteiger partial charge in [0.05, 0.1) is 11.9 Å². The third-order valence-corrected chi connectivity index (χ3v) is 4.24. The molecule has 118 valence electrons. The SMILES string of the molecule is c1ccc(-n2cc(Cc3nc(C4CCCNC4)n[nH]3)cn2)cc1. The van der Waals surface area contributed by atoms with Crippen LogP contribution in [0, 0.1) is 0 Å². The predicted molar refractivity (Wildman–Crippen MR) is 87.6 cm³/mol. The molecule has 3 heterocycles. The van der Waals surface area contributed by atoms with Gasteiger partial charge < -0.3 is 5.32 Å². The number of hydrogen-bond donors (Lipinski definition) is 2. The van der Waals surface area contributed by atoms with Crippen molar-refractivity contribution in [2.75, 3.05) is 13.1 Å².